The lowest BCUT2D eigenvalue weighted by Crippen LogP contribution is -2.65. The van der Waals surface area contributed by atoms with Crippen LogP contribution in [0.2, 0.25) is 0 Å². The Hall–Kier alpha value is -2.53. The summed E-state index contributed by atoms with van der Waals surface area (Å²) in [5, 5.41) is 73.3. The standard InChI is InChI=1S/C21H22O9/c1-8-5-10-15(12(24)6-8)17(26)14-9(3-2-4-11(14)23)21(10,29)20-19(28)18(27)16(25)13(7-22)30-20/h2-6,13,16,18-20,22-25,27-29H,7H2,1H3/t13-,16-,18+,19-,20+,21+/m1/s1. The maximum absolute atomic E-state index is 13.1. The van der Waals surface area contributed by atoms with Crippen LogP contribution in [0.5, 0.6) is 11.5 Å². The predicted octanol–water partition coefficient (Wildman–Crippen LogP) is -0.971. The Balaban J connectivity index is 2.03. The summed E-state index contributed by atoms with van der Waals surface area (Å²) in [6, 6.07) is 6.73. The molecule has 2 aromatic rings. The summed E-state index contributed by atoms with van der Waals surface area (Å²) in [5.74, 6) is -1.62. The summed E-state index contributed by atoms with van der Waals surface area (Å²) in [7, 11) is 0. The van der Waals surface area contributed by atoms with Crippen molar-refractivity contribution >= 4 is 5.78 Å². The normalized spacial score (nSPS) is 33.1. The van der Waals surface area contributed by atoms with Crippen LogP contribution in [-0.4, -0.2) is 78.7 Å². The van der Waals surface area contributed by atoms with E-state index in [4.69, 9.17) is 4.74 Å². The zero-order chi connectivity index (χ0) is 22.0. The molecule has 30 heavy (non-hydrogen) atoms. The number of phenolic OH excluding ortho intramolecular Hbond substituents is 2. The van der Waals surface area contributed by atoms with E-state index in [-0.39, 0.29) is 22.3 Å². The first-order valence-electron chi connectivity index (χ1n) is 9.37. The molecule has 2 aromatic carbocycles. The molecule has 160 valence electrons. The lowest BCUT2D eigenvalue weighted by atomic mass is 9.68. The Labute approximate surface area is 171 Å². The van der Waals surface area contributed by atoms with Crippen molar-refractivity contribution in [3.8, 4) is 11.5 Å². The largest absolute Gasteiger partial charge is 0.507 e. The number of rotatable bonds is 2. The van der Waals surface area contributed by atoms with Crippen LogP contribution >= 0.6 is 0 Å². The van der Waals surface area contributed by atoms with Crippen LogP contribution in [0.1, 0.15) is 32.6 Å². The average molecular weight is 418 g/mol. The smallest absolute Gasteiger partial charge is 0.201 e. The second-order valence-electron chi connectivity index (χ2n) is 7.75. The third kappa shape index (κ3) is 2.68. The van der Waals surface area contributed by atoms with Crippen molar-refractivity contribution in [1.29, 1.82) is 0 Å². The highest BCUT2D eigenvalue weighted by molar-refractivity contribution is 6.16. The second-order valence-corrected chi connectivity index (χ2v) is 7.75. The summed E-state index contributed by atoms with van der Waals surface area (Å²) < 4.78 is 5.61. The van der Waals surface area contributed by atoms with E-state index >= 15 is 0 Å². The summed E-state index contributed by atoms with van der Waals surface area (Å²) in [6.07, 6.45) is -8.21. The summed E-state index contributed by atoms with van der Waals surface area (Å²) >= 11 is 0. The van der Waals surface area contributed by atoms with E-state index in [0.29, 0.717) is 5.56 Å². The summed E-state index contributed by atoms with van der Waals surface area (Å²) in [6.45, 7) is 0.908. The molecule has 1 fully saturated rings. The van der Waals surface area contributed by atoms with Gasteiger partial charge in [0.25, 0.3) is 0 Å². The first kappa shape index (κ1) is 20.7. The minimum atomic E-state index is -2.31. The number of fused-ring (bicyclic) bond motifs is 2. The number of aryl methyl sites for hydroxylation is 1. The molecule has 0 aromatic heterocycles. The van der Waals surface area contributed by atoms with Gasteiger partial charge in [0.15, 0.2) is 0 Å². The fourth-order valence-corrected chi connectivity index (χ4v) is 4.43. The maximum atomic E-state index is 13.1. The number of ketones is 1. The zero-order valence-corrected chi connectivity index (χ0v) is 15.9. The number of carbonyl (C=O) groups excluding carboxylic acids is 1. The van der Waals surface area contributed by atoms with Crippen molar-refractivity contribution in [3.63, 3.8) is 0 Å². The number of hydrogen-bond donors (Lipinski definition) is 7. The Morgan fingerprint density at radius 1 is 0.967 bits per heavy atom. The highest BCUT2D eigenvalue weighted by Gasteiger charge is 2.57. The molecular formula is C21H22O9. The van der Waals surface area contributed by atoms with Gasteiger partial charge in [-0.05, 0) is 24.6 Å². The van der Waals surface area contributed by atoms with Crippen LogP contribution in [0.4, 0.5) is 0 Å². The van der Waals surface area contributed by atoms with E-state index in [1.165, 1.54) is 30.3 Å². The molecule has 9 heteroatoms. The van der Waals surface area contributed by atoms with Gasteiger partial charge in [0.2, 0.25) is 5.78 Å². The average Bonchev–Trinajstić information content (AvgIpc) is 2.70. The van der Waals surface area contributed by atoms with Crippen LogP contribution in [0, 0.1) is 6.92 Å². The fourth-order valence-electron chi connectivity index (χ4n) is 4.43. The molecule has 0 radical (unpaired) electrons. The van der Waals surface area contributed by atoms with Gasteiger partial charge in [-0.1, -0.05) is 18.2 Å². The third-order valence-electron chi connectivity index (χ3n) is 5.88. The monoisotopic (exact) mass is 418 g/mol. The fraction of sp³-hybridized carbons (Fsp3) is 0.381. The number of aromatic hydroxyl groups is 2. The molecule has 4 rings (SSSR count). The van der Waals surface area contributed by atoms with Crippen LogP contribution in [0.25, 0.3) is 0 Å². The molecule has 0 spiro atoms. The van der Waals surface area contributed by atoms with Gasteiger partial charge in [0.1, 0.15) is 47.6 Å². The maximum Gasteiger partial charge on any atom is 0.201 e. The zero-order valence-electron chi connectivity index (χ0n) is 15.9. The van der Waals surface area contributed by atoms with E-state index in [2.05, 4.69) is 0 Å². The van der Waals surface area contributed by atoms with E-state index in [1.807, 2.05) is 0 Å². The molecule has 1 saturated heterocycles. The number of aliphatic hydroxyl groups excluding tert-OH is 4. The number of phenols is 2. The van der Waals surface area contributed by atoms with Crippen molar-refractivity contribution in [3.05, 3.63) is 58.1 Å². The quantitative estimate of drug-likeness (QED) is 0.324. The number of hydrogen-bond acceptors (Lipinski definition) is 9. The Kier molecular flexibility index (Phi) is 4.85. The second kappa shape index (κ2) is 7.02. The first-order valence-corrected chi connectivity index (χ1v) is 9.37. The molecule has 6 atom stereocenters. The molecule has 1 heterocycles. The Morgan fingerprint density at radius 2 is 1.63 bits per heavy atom. The number of benzene rings is 2. The number of aliphatic hydroxyl groups is 5. The Morgan fingerprint density at radius 3 is 2.30 bits per heavy atom. The van der Waals surface area contributed by atoms with Gasteiger partial charge in [-0.25, -0.2) is 0 Å². The van der Waals surface area contributed by atoms with Crippen molar-refractivity contribution in [1.82, 2.24) is 0 Å². The van der Waals surface area contributed by atoms with Gasteiger partial charge in [-0.3, -0.25) is 4.79 Å². The molecule has 7 N–H and O–H groups in total. The molecule has 0 saturated carbocycles. The molecule has 9 nitrogen and oxygen atoms in total. The summed E-state index contributed by atoms with van der Waals surface area (Å²) in [5.41, 5.74) is -2.58. The number of carbonyl (C=O) groups is 1. The van der Waals surface area contributed by atoms with E-state index in [1.54, 1.807) is 6.92 Å². The molecule has 2 aliphatic rings. The van der Waals surface area contributed by atoms with Gasteiger partial charge in [-0.2, -0.15) is 0 Å². The third-order valence-corrected chi connectivity index (χ3v) is 5.88. The van der Waals surface area contributed by atoms with Gasteiger partial charge in [-0.15, -0.1) is 0 Å². The highest BCUT2D eigenvalue weighted by Crippen LogP contribution is 2.50. The topological polar surface area (TPSA) is 168 Å². The molecule has 0 unspecified atom stereocenters. The van der Waals surface area contributed by atoms with E-state index < -0.39 is 60.0 Å². The van der Waals surface area contributed by atoms with Crippen LogP contribution in [-0.2, 0) is 10.3 Å². The minimum Gasteiger partial charge on any atom is -0.507 e. The lowest BCUT2D eigenvalue weighted by Gasteiger charge is -2.49. The van der Waals surface area contributed by atoms with Gasteiger partial charge >= 0.3 is 0 Å². The van der Waals surface area contributed by atoms with E-state index in [9.17, 15) is 40.5 Å². The van der Waals surface area contributed by atoms with E-state index in [0.717, 1.165) is 0 Å². The molecule has 0 amide bonds. The summed E-state index contributed by atoms with van der Waals surface area (Å²) in [4.78, 5) is 13.1. The van der Waals surface area contributed by atoms with Crippen LogP contribution in [0.15, 0.2) is 30.3 Å². The van der Waals surface area contributed by atoms with Crippen LogP contribution in [0.3, 0.4) is 0 Å². The Bertz CT molecular complexity index is 1020. The van der Waals surface area contributed by atoms with Crippen molar-refractivity contribution < 1.29 is 45.3 Å². The van der Waals surface area contributed by atoms with Gasteiger partial charge < -0.3 is 40.5 Å². The van der Waals surface area contributed by atoms with Gasteiger partial charge in [0.05, 0.1) is 17.7 Å². The SMILES string of the molecule is Cc1cc(O)c2c(c1)[C@](O)([C@H]1O[C@H](CO)[C@@H](O)[C@H](O)[C@H]1O)c1cccc(O)c1C2=O. The lowest BCUT2D eigenvalue weighted by molar-refractivity contribution is -0.265. The number of ether oxygens (including phenoxy) is 1. The molecule has 0 bridgehead atoms. The van der Waals surface area contributed by atoms with Crippen molar-refractivity contribution in [2.24, 2.45) is 0 Å². The highest BCUT2D eigenvalue weighted by atomic mass is 16.6. The molecular weight excluding hydrogens is 396 g/mol. The predicted molar refractivity (Wildman–Crippen MR) is 101 cm³/mol. The first-order chi connectivity index (χ1) is 14.1. The molecule has 1 aliphatic carbocycles. The van der Waals surface area contributed by atoms with Crippen LogP contribution < -0.4 is 0 Å². The van der Waals surface area contributed by atoms with Crippen molar-refractivity contribution in [2.75, 3.05) is 6.61 Å². The molecule has 1 aliphatic heterocycles. The van der Waals surface area contributed by atoms with Crippen molar-refractivity contribution in [2.45, 2.75) is 43.0 Å². The minimum absolute atomic E-state index is 0.0903. The van der Waals surface area contributed by atoms with Gasteiger partial charge in [0, 0.05) is 11.1 Å².